The number of hydrogen-bond donors (Lipinski definition) is 2. The third-order valence-corrected chi connectivity index (χ3v) is 5.92. The Balaban J connectivity index is 1.54. The lowest BCUT2D eigenvalue weighted by Crippen LogP contribution is -2.19. The number of rotatable bonds is 9. The van der Waals surface area contributed by atoms with Crippen LogP contribution < -0.4 is 20.1 Å². The van der Waals surface area contributed by atoms with Crippen molar-refractivity contribution in [2.75, 3.05) is 26.1 Å². The molecule has 2 aromatic carbocycles. The maximum absolute atomic E-state index is 14.9. The number of methoxy groups -OCH3 is 1. The zero-order valence-corrected chi connectivity index (χ0v) is 21.8. The summed E-state index contributed by atoms with van der Waals surface area (Å²) >= 11 is 0. The molecule has 5 aromatic rings. The summed E-state index contributed by atoms with van der Waals surface area (Å²) in [5, 5.41) is 10.8. The average Bonchev–Trinajstić information content (AvgIpc) is 3.33. The minimum atomic E-state index is -0.739. The Kier molecular flexibility index (Phi) is 7.44. The first kappa shape index (κ1) is 26.4. The maximum atomic E-state index is 14.9. The Morgan fingerprint density at radius 1 is 1.07 bits per heavy atom. The first-order valence-electron chi connectivity index (χ1n) is 12.2. The molecule has 1 amide bonds. The summed E-state index contributed by atoms with van der Waals surface area (Å²) in [5.74, 6) is -0.736. The molecule has 0 aliphatic rings. The third-order valence-electron chi connectivity index (χ3n) is 5.92. The maximum Gasteiger partial charge on any atom is 0.271 e. The van der Waals surface area contributed by atoms with E-state index in [9.17, 15) is 13.6 Å². The molecule has 11 nitrogen and oxygen atoms in total. The fraction of sp³-hybridized carbons (Fsp3) is 0.185. The van der Waals surface area contributed by atoms with Crippen LogP contribution in [0.25, 0.3) is 22.4 Å². The van der Waals surface area contributed by atoms with Gasteiger partial charge in [0.25, 0.3) is 5.91 Å². The summed E-state index contributed by atoms with van der Waals surface area (Å²) in [6.45, 7) is 1.85. The number of carbonyl (C=O) groups excluding carboxylic acids is 1. The van der Waals surface area contributed by atoms with Crippen LogP contribution in [0.15, 0.2) is 55.0 Å². The molecule has 204 valence electrons. The van der Waals surface area contributed by atoms with Crippen molar-refractivity contribution in [2.24, 2.45) is 0 Å². The van der Waals surface area contributed by atoms with Gasteiger partial charge in [-0.25, -0.2) is 23.7 Å². The van der Waals surface area contributed by atoms with Gasteiger partial charge >= 0.3 is 0 Å². The third kappa shape index (κ3) is 5.21. The van der Waals surface area contributed by atoms with Crippen molar-refractivity contribution in [3.8, 4) is 23.0 Å². The first-order chi connectivity index (χ1) is 19.4. The molecule has 3 aromatic heterocycles. The molecule has 0 saturated heterocycles. The van der Waals surface area contributed by atoms with Crippen molar-refractivity contribution in [3.05, 3.63) is 77.9 Å². The normalized spacial score (nSPS) is 10.9. The lowest BCUT2D eigenvalue weighted by Gasteiger charge is -2.11. The molecule has 5 rings (SSSR count). The lowest BCUT2D eigenvalue weighted by molar-refractivity contribution is 0.0958. The number of amides is 1. The van der Waals surface area contributed by atoms with Gasteiger partial charge < -0.3 is 20.1 Å². The number of fused-ring (bicyclic) bond motifs is 1. The number of anilines is 2. The topological polar surface area (TPSA) is 129 Å². The number of benzene rings is 2. The van der Waals surface area contributed by atoms with E-state index in [0.29, 0.717) is 22.3 Å². The average molecular weight is 547 g/mol. The van der Waals surface area contributed by atoms with Crippen molar-refractivity contribution in [2.45, 2.75) is 13.5 Å². The van der Waals surface area contributed by atoms with Crippen LogP contribution >= 0.6 is 0 Å². The second-order valence-electron chi connectivity index (χ2n) is 8.43. The van der Waals surface area contributed by atoms with Crippen molar-refractivity contribution >= 4 is 28.4 Å². The molecule has 2 N–H and O–H groups in total. The molecule has 0 aliphatic carbocycles. The highest BCUT2D eigenvalue weighted by Crippen LogP contribution is 2.31. The van der Waals surface area contributed by atoms with Crippen LogP contribution in [0.4, 0.5) is 20.4 Å². The number of hydrogen-bond acceptors (Lipinski definition) is 9. The van der Waals surface area contributed by atoms with Gasteiger partial charge in [-0.3, -0.25) is 14.5 Å². The Hall–Kier alpha value is -5.20. The highest BCUT2D eigenvalue weighted by Gasteiger charge is 2.20. The summed E-state index contributed by atoms with van der Waals surface area (Å²) < 4.78 is 41.8. The van der Waals surface area contributed by atoms with Gasteiger partial charge in [-0.05, 0) is 13.0 Å². The first-order valence-corrected chi connectivity index (χ1v) is 12.2. The molecule has 0 aliphatic heterocycles. The van der Waals surface area contributed by atoms with E-state index in [1.54, 1.807) is 19.1 Å². The number of halogens is 2. The predicted octanol–water partition coefficient (Wildman–Crippen LogP) is 4.12. The van der Waals surface area contributed by atoms with Crippen LogP contribution in [-0.4, -0.2) is 56.4 Å². The van der Waals surface area contributed by atoms with Crippen LogP contribution in [0.2, 0.25) is 0 Å². The fourth-order valence-corrected chi connectivity index (χ4v) is 4.05. The summed E-state index contributed by atoms with van der Waals surface area (Å²) in [7, 11) is 2.95. The molecule has 13 heteroatoms. The molecule has 0 unspecified atom stereocenters. The van der Waals surface area contributed by atoms with Gasteiger partial charge in [0.2, 0.25) is 0 Å². The standard InChI is InChI=1S/C27H24F2N8O3/c1-4-40-15-9-18(28)17(19(29)10-15)14-37-21-8-6-5-7-16(21)24(36-37)26-32-12-22(39-3)25(35-26)34-23-13-31-11-20(33-23)27(38)30-2/h5-13H,4,14H2,1-3H3,(H,30,38)(H,32,33,34,35). The minimum absolute atomic E-state index is 0.110. The number of ether oxygens (including phenoxy) is 2. The minimum Gasteiger partial charge on any atom is -0.494 e. The molecule has 0 bridgehead atoms. The van der Waals surface area contributed by atoms with Gasteiger partial charge in [0, 0.05) is 30.1 Å². The summed E-state index contributed by atoms with van der Waals surface area (Å²) in [5.41, 5.74) is 0.969. The van der Waals surface area contributed by atoms with Crippen molar-refractivity contribution in [1.29, 1.82) is 0 Å². The fourth-order valence-electron chi connectivity index (χ4n) is 4.05. The number of carbonyl (C=O) groups is 1. The van der Waals surface area contributed by atoms with E-state index in [1.807, 2.05) is 12.1 Å². The van der Waals surface area contributed by atoms with Crippen LogP contribution in [-0.2, 0) is 6.54 Å². The quantitative estimate of drug-likeness (QED) is 0.280. The van der Waals surface area contributed by atoms with Gasteiger partial charge in [0.05, 0.1) is 44.4 Å². The second-order valence-corrected chi connectivity index (χ2v) is 8.43. The molecular weight excluding hydrogens is 522 g/mol. The zero-order chi connectivity index (χ0) is 28.2. The van der Waals surface area contributed by atoms with Crippen LogP contribution in [0.1, 0.15) is 23.0 Å². The van der Waals surface area contributed by atoms with Gasteiger partial charge in [0.15, 0.2) is 23.2 Å². The number of aromatic nitrogens is 6. The Morgan fingerprint density at radius 2 is 1.85 bits per heavy atom. The second kappa shape index (κ2) is 11.3. The highest BCUT2D eigenvalue weighted by molar-refractivity contribution is 5.93. The monoisotopic (exact) mass is 546 g/mol. The molecule has 0 atom stereocenters. The van der Waals surface area contributed by atoms with E-state index in [-0.39, 0.29) is 47.6 Å². The van der Waals surface area contributed by atoms with E-state index in [2.05, 4.69) is 35.7 Å². The van der Waals surface area contributed by atoms with E-state index < -0.39 is 17.5 Å². The molecule has 0 fully saturated rings. The van der Waals surface area contributed by atoms with E-state index >= 15 is 0 Å². The van der Waals surface area contributed by atoms with Gasteiger partial charge in [-0.1, -0.05) is 18.2 Å². The van der Waals surface area contributed by atoms with Gasteiger partial charge in [-0.15, -0.1) is 0 Å². The molecule has 0 spiro atoms. The van der Waals surface area contributed by atoms with Crippen molar-refractivity contribution < 1.29 is 23.0 Å². The van der Waals surface area contributed by atoms with Crippen molar-refractivity contribution in [1.82, 2.24) is 35.0 Å². The van der Waals surface area contributed by atoms with Crippen molar-refractivity contribution in [3.63, 3.8) is 0 Å². The summed E-state index contributed by atoms with van der Waals surface area (Å²) in [6.07, 6.45) is 4.22. The molecule has 0 radical (unpaired) electrons. The molecule has 3 heterocycles. The zero-order valence-electron chi connectivity index (χ0n) is 21.8. The van der Waals surface area contributed by atoms with Crippen LogP contribution in [0.3, 0.4) is 0 Å². The van der Waals surface area contributed by atoms with E-state index in [4.69, 9.17) is 9.47 Å². The highest BCUT2D eigenvalue weighted by atomic mass is 19.1. The van der Waals surface area contributed by atoms with Gasteiger partial charge in [-0.2, -0.15) is 5.10 Å². The van der Waals surface area contributed by atoms with Gasteiger partial charge in [0.1, 0.15) is 28.8 Å². The van der Waals surface area contributed by atoms with E-state index in [1.165, 1.54) is 37.4 Å². The Labute approximate surface area is 227 Å². The van der Waals surface area contributed by atoms with Crippen LogP contribution in [0.5, 0.6) is 11.5 Å². The summed E-state index contributed by atoms with van der Waals surface area (Å²) in [4.78, 5) is 29.3. The lowest BCUT2D eigenvalue weighted by atomic mass is 10.1. The SMILES string of the molecule is CCOc1cc(F)c(Cn2nc(-c3ncc(OC)c(Nc4cncc(C(=O)NC)n4)n3)c3ccccc32)c(F)c1. The Morgan fingerprint density at radius 3 is 2.58 bits per heavy atom. The number of para-hydroxylation sites is 1. The van der Waals surface area contributed by atoms with Crippen LogP contribution in [0, 0.1) is 11.6 Å². The van der Waals surface area contributed by atoms with E-state index in [0.717, 1.165) is 12.1 Å². The largest absolute Gasteiger partial charge is 0.494 e. The smallest absolute Gasteiger partial charge is 0.271 e. The molecule has 0 saturated carbocycles. The molecular formula is C27H24F2N8O3. The Bertz CT molecular complexity index is 1690. The predicted molar refractivity (Wildman–Crippen MR) is 143 cm³/mol. The summed E-state index contributed by atoms with van der Waals surface area (Å²) in [6, 6.07) is 9.53. The number of nitrogens with zero attached hydrogens (tertiary/aromatic N) is 6. The number of nitrogens with one attached hydrogen (secondary N) is 2. The molecule has 40 heavy (non-hydrogen) atoms.